The Morgan fingerprint density at radius 3 is 2.48 bits per heavy atom. The summed E-state index contributed by atoms with van der Waals surface area (Å²) >= 11 is 7.34. The molecule has 0 saturated carbocycles. The maximum Gasteiger partial charge on any atom is 0.138 e. The fourth-order valence-electron chi connectivity index (χ4n) is 2.26. The number of hydrogen-bond donors (Lipinski definition) is 1. The lowest BCUT2D eigenvalue weighted by Gasteiger charge is -2.13. The van der Waals surface area contributed by atoms with Crippen LogP contribution in [0, 0.1) is 27.7 Å². The van der Waals surface area contributed by atoms with E-state index in [2.05, 4.69) is 30.1 Å². The fourth-order valence-corrected chi connectivity index (χ4v) is 3.08. The summed E-state index contributed by atoms with van der Waals surface area (Å²) in [6.07, 6.45) is 0. The number of aryl methyl sites for hydroxylation is 3. The van der Waals surface area contributed by atoms with Gasteiger partial charge in [-0.2, -0.15) is 8.75 Å². The first-order valence-corrected chi connectivity index (χ1v) is 7.58. The van der Waals surface area contributed by atoms with Crippen LogP contribution in [0.1, 0.15) is 22.5 Å². The molecular weight excluding hydrogens is 306 g/mol. The van der Waals surface area contributed by atoms with Crippen LogP contribution in [0.25, 0.3) is 11.0 Å². The second-order valence-electron chi connectivity index (χ2n) is 5.01. The highest BCUT2D eigenvalue weighted by Gasteiger charge is 2.14. The lowest BCUT2D eigenvalue weighted by atomic mass is 10.1. The second kappa shape index (κ2) is 5.20. The molecule has 0 radical (unpaired) electrons. The number of aromatic nitrogens is 4. The molecule has 3 rings (SSSR count). The molecular formula is C14H14ClN5S. The van der Waals surface area contributed by atoms with Gasteiger partial charge in [0.1, 0.15) is 27.8 Å². The molecule has 2 heterocycles. The molecule has 21 heavy (non-hydrogen) atoms. The van der Waals surface area contributed by atoms with Crippen molar-refractivity contribution in [1.82, 2.24) is 18.7 Å². The summed E-state index contributed by atoms with van der Waals surface area (Å²) in [5.41, 5.74) is 5.74. The van der Waals surface area contributed by atoms with E-state index in [-0.39, 0.29) is 0 Å². The molecule has 0 unspecified atom stereocenters. The highest BCUT2D eigenvalue weighted by atomic mass is 35.5. The predicted octanol–water partition coefficient (Wildman–Crippen LogP) is 4.11. The Balaban J connectivity index is 2.17. The van der Waals surface area contributed by atoms with Crippen molar-refractivity contribution in [1.29, 1.82) is 0 Å². The highest BCUT2D eigenvalue weighted by Crippen LogP contribution is 2.32. The van der Waals surface area contributed by atoms with Crippen molar-refractivity contribution >= 4 is 45.9 Å². The van der Waals surface area contributed by atoms with E-state index in [1.807, 2.05) is 27.7 Å². The summed E-state index contributed by atoms with van der Waals surface area (Å²) in [5.74, 6) is 1.33. The van der Waals surface area contributed by atoms with Gasteiger partial charge in [0.15, 0.2) is 0 Å². The average molecular weight is 320 g/mol. The number of hydrogen-bond acceptors (Lipinski definition) is 6. The Hall–Kier alpha value is -1.79. The van der Waals surface area contributed by atoms with E-state index >= 15 is 0 Å². The van der Waals surface area contributed by atoms with E-state index in [0.717, 1.165) is 33.4 Å². The van der Waals surface area contributed by atoms with Crippen LogP contribution in [0.4, 0.5) is 11.5 Å². The smallest absolute Gasteiger partial charge is 0.138 e. The van der Waals surface area contributed by atoms with E-state index in [4.69, 9.17) is 11.6 Å². The minimum absolute atomic E-state index is 0.461. The summed E-state index contributed by atoms with van der Waals surface area (Å²) in [6, 6.07) is 2.09. The number of nitrogens with one attached hydrogen (secondary N) is 1. The predicted molar refractivity (Wildman–Crippen MR) is 86.7 cm³/mol. The largest absolute Gasteiger partial charge is 0.338 e. The van der Waals surface area contributed by atoms with Gasteiger partial charge in [0.2, 0.25) is 0 Å². The molecule has 1 N–H and O–H groups in total. The Labute approximate surface area is 131 Å². The minimum atomic E-state index is 0.461. The lowest BCUT2D eigenvalue weighted by Crippen LogP contribution is -2.03. The van der Waals surface area contributed by atoms with Gasteiger partial charge in [0.25, 0.3) is 0 Å². The monoisotopic (exact) mass is 319 g/mol. The van der Waals surface area contributed by atoms with Crippen LogP contribution in [0.5, 0.6) is 0 Å². The molecule has 3 aromatic rings. The molecule has 0 atom stereocenters. The third-order valence-corrected chi connectivity index (χ3v) is 4.26. The summed E-state index contributed by atoms with van der Waals surface area (Å²) in [7, 11) is 0. The molecule has 5 nitrogen and oxygen atoms in total. The van der Waals surface area contributed by atoms with Crippen molar-refractivity contribution in [3.63, 3.8) is 0 Å². The second-order valence-corrected chi connectivity index (χ2v) is 5.89. The van der Waals surface area contributed by atoms with Gasteiger partial charge in [-0.25, -0.2) is 9.97 Å². The molecule has 0 bridgehead atoms. The van der Waals surface area contributed by atoms with E-state index in [1.165, 1.54) is 11.7 Å². The van der Waals surface area contributed by atoms with E-state index in [1.54, 1.807) is 0 Å². The first-order valence-electron chi connectivity index (χ1n) is 6.47. The van der Waals surface area contributed by atoms with Crippen LogP contribution in [0.3, 0.4) is 0 Å². The zero-order valence-corrected chi connectivity index (χ0v) is 13.7. The van der Waals surface area contributed by atoms with Crippen molar-refractivity contribution in [2.75, 3.05) is 5.32 Å². The summed E-state index contributed by atoms with van der Waals surface area (Å²) in [5, 5.41) is 3.81. The topological polar surface area (TPSA) is 63.6 Å². The van der Waals surface area contributed by atoms with Gasteiger partial charge in [-0.1, -0.05) is 17.7 Å². The number of nitrogens with zero attached hydrogens (tertiary/aromatic N) is 4. The number of rotatable bonds is 2. The Morgan fingerprint density at radius 1 is 1.00 bits per heavy atom. The number of benzene rings is 1. The van der Waals surface area contributed by atoms with Crippen LogP contribution < -0.4 is 5.32 Å². The van der Waals surface area contributed by atoms with Crippen molar-refractivity contribution in [2.24, 2.45) is 0 Å². The Bertz CT molecular complexity index is 843. The van der Waals surface area contributed by atoms with Gasteiger partial charge in [-0.15, -0.1) is 0 Å². The van der Waals surface area contributed by atoms with Crippen LogP contribution in [0.2, 0.25) is 5.15 Å². The molecule has 108 valence electrons. The first kappa shape index (κ1) is 14.2. The van der Waals surface area contributed by atoms with Gasteiger partial charge in [0.05, 0.1) is 17.4 Å². The number of halogens is 1. The molecule has 1 aromatic carbocycles. The van der Waals surface area contributed by atoms with Gasteiger partial charge >= 0.3 is 0 Å². The van der Waals surface area contributed by atoms with E-state index < -0.39 is 0 Å². The molecule has 0 aliphatic carbocycles. The van der Waals surface area contributed by atoms with Crippen molar-refractivity contribution < 1.29 is 0 Å². The van der Waals surface area contributed by atoms with Gasteiger partial charge in [-0.3, -0.25) is 0 Å². The first-order chi connectivity index (χ1) is 9.97. The van der Waals surface area contributed by atoms with Gasteiger partial charge < -0.3 is 5.32 Å². The van der Waals surface area contributed by atoms with Crippen molar-refractivity contribution in [3.05, 3.63) is 33.7 Å². The van der Waals surface area contributed by atoms with Crippen molar-refractivity contribution in [2.45, 2.75) is 27.7 Å². The molecule has 0 saturated heterocycles. The molecule has 0 aliphatic rings. The van der Waals surface area contributed by atoms with Gasteiger partial charge in [-0.05, 0) is 38.8 Å². The third-order valence-electron chi connectivity index (χ3n) is 3.37. The van der Waals surface area contributed by atoms with E-state index in [9.17, 15) is 0 Å². The SMILES string of the molecule is Cc1nc(Cl)c(C)c(Nc2c(C)cc(C)c3nsnc23)n1. The molecule has 0 amide bonds. The minimum Gasteiger partial charge on any atom is -0.338 e. The molecule has 0 spiro atoms. The Morgan fingerprint density at radius 2 is 1.71 bits per heavy atom. The van der Waals surface area contributed by atoms with Crippen LogP contribution in [-0.2, 0) is 0 Å². The summed E-state index contributed by atoms with van der Waals surface area (Å²) in [6.45, 7) is 7.79. The number of anilines is 2. The zero-order valence-electron chi connectivity index (χ0n) is 12.2. The zero-order chi connectivity index (χ0) is 15.1. The lowest BCUT2D eigenvalue weighted by molar-refractivity contribution is 1.04. The van der Waals surface area contributed by atoms with Crippen LogP contribution in [-0.4, -0.2) is 18.7 Å². The molecule has 0 fully saturated rings. The van der Waals surface area contributed by atoms with Crippen LogP contribution >= 0.6 is 23.3 Å². The maximum atomic E-state index is 6.13. The Kier molecular flexibility index (Phi) is 3.51. The van der Waals surface area contributed by atoms with E-state index in [0.29, 0.717) is 16.8 Å². The fraction of sp³-hybridized carbons (Fsp3) is 0.286. The molecule has 0 aliphatic heterocycles. The third kappa shape index (κ3) is 2.45. The van der Waals surface area contributed by atoms with Crippen molar-refractivity contribution in [3.8, 4) is 0 Å². The maximum absolute atomic E-state index is 6.13. The normalized spacial score (nSPS) is 11.1. The highest BCUT2D eigenvalue weighted by molar-refractivity contribution is 7.00. The molecule has 7 heteroatoms. The van der Waals surface area contributed by atoms with Crippen LogP contribution in [0.15, 0.2) is 6.07 Å². The average Bonchev–Trinajstić information content (AvgIpc) is 2.89. The van der Waals surface area contributed by atoms with Gasteiger partial charge in [0, 0.05) is 5.56 Å². The quantitative estimate of drug-likeness (QED) is 0.720. The number of fused-ring (bicyclic) bond motifs is 1. The standard InChI is InChI=1S/C14H14ClN5S/c1-6-5-7(2)11-12(20-21-19-11)10(6)18-14-8(3)13(15)16-9(4)17-14/h5H,1-4H3,(H,16,17,18). The molecule has 2 aromatic heterocycles. The summed E-state index contributed by atoms with van der Waals surface area (Å²) < 4.78 is 8.75. The summed E-state index contributed by atoms with van der Waals surface area (Å²) in [4.78, 5) is 8.58.